The molecular formula is C16H16FNO3. The summed E-state index contributed by atoms with van der Waals surface area (Å²) in [6, 6.07) is 9.25. The Morgan fingerprint density at radius 2 is 1.95 bits per heavy atom. The van der Waals surface area contributed by atoms with Gasteiger partial charge >= 0.3 is 5.69 Å². The van der Waals surface area contributed by atoms with Crippen molar-refractivity contribution in [2.45, 2.75) is 26.7 Å². The minimum absolute atomic E-state index is 0.100. The summed E-state index contributed by atoms with van der Waals surface area (Å²) in [6.07, 6.45) is 0. The normalized spacial score (nSPS) is 10.7. The van der Waals surface area contributed by atoms with Gasteiger partial charge in [-0.3, -0.25) is 10.1 Å². The van der Waals surface area contributed by atoms with Gasteiger partial charge in [-0.25, -0.2) is 0 Å². The molecule has 2 aromatic carbocycles. The lowest BCUT2D eigenvalue weighted by atomic mass is 9.98. The molecule has 0 radical (unpaired) electrons. The van der Waals surface area contributed by atoms with Crippen molar-refractivity contribution < 1.29 is 14.1 Å². The van der Waals surface area contributed by atoms with Gasteiger partial charge < -0.3 is 4.74 Å². The average Bonchev–Trinajstić information content (AvgIpc) is 2.37. The van der Waals surface area contributed by atoms with Gasteiger partial charge in [-0.1, -0.05) is 26.0 Å². The monoisotopic (exact) mass is 289 g/mol. The summed E-state index contributed by atoms with van der Waals surface area (Å²) in [7, 11) is 0. The molecule has 0 aromatic heterocycles. The third kappa shape index (κ3) is 3.18. The van der Waals surface area contributed by atoms with Gasteiger partial charge in [0, 0.05) is 0 Å². The Morgan fingerprint density at radius 3 is 2.52 bits per heavy atom. The zero-order valence-corrected chi connectivity index (χ0v) is 12.1. The third-order valence-corrected chi connectivity index (χ3v) is 3.22. The lowest BCUT2D eigenvalue weighted by Crippen LogP contribution is -1.97. The van der Waals surface area contributed by atoms with Crippen LogP contribution >= 0.6 is 0 Å². The fraction of sp³-hybridized carbons (Fsp3) is 0.250. The first kappa shape index (κ1) is 15.0. The number of nitro benzene ring substituents is 1. The molecule has 0 saturated carbocycles. The van der Waals surface area contributed by atoms with E-state index in [0.717, 1.165) is 11.6 Å². The molecule has 0 aliphatic rings. The smallest absolute Gasteiger partial charge is 0.346 e. The highest BCUT2D eigenvalue weighted by Gasteiger charge is 2.21. The maximum atomic E-state index is 13.5. The van der Waals surface area contributed by atoms with Gasteiger partial charge in [-0.05, 0) is 48.2 Å². The van der Waals surface area contributed by atoms with Crippen molar-refractivity contribution in [2.24, 2.45) is 0 Å². The second-order valence-electron chi connectivity index (χ2n) is 5.12. The molecule has 0 saturated heterocycles. The van der Waals surface area contributed by atoms with Crippen LogP contribution in [0.5, 0.6) is 11.5 Å². The van der Waals surface area contributed by atoms with Crippen LogP contribution < -0.4 is 4.74 Å². The van der Waals surface area contributed by atoms with Gasteiger partial charge in [0.25, 0.3) is 0 Å². The summed E-state index contributed by atoms with van der Waals surface area (Å²) in [4.78, 5) is 10.2. The highest BCUT2D eigenvalue weighted by molar-refractivity contribution is 5.50. The summed E-state index contributed by atoms with van der Waals surface area (Å²) < 4.78 is 19.0. The lowest BCUT2D eigenvalue weighted by Gasteiger charge is -2.12. The first-order valence-electron chi connectivity index (χ1n) is 6.61. The Morgan fingerprint density at radius 1 is 1.24 bits per heavy atom. The fourth-order valence-electron chi connectivity index (χ4n) is 2.24. The zero-order valence-electron chi connectivity index (χ0n) is 12.1. The van der Waals surface area contributed by atoms with Crippen LogP contribution in [0.1, 0.15) is 30.9 Å². The largest absolute Gasteiger partial charge is 0.450 e. The van der Waals surface area contributed by atoms with E-state index in [-0.39, 0.29) is 5.75 Å². The number of rotatable bonds is 4. The summed E-state index contributed by atoms with van der Waals surface area (Å²) in [5, 5.41) is 10.9. The number of aryl methyl sites for hydroxylation is 1. The number of hydrogen-bond acceptors (Lipinski definition) is 3. The standard InChI is InChI=1S/C16H16FNO3/c1-10(2)13-8-7-12(9-11(13)3)21-15-6-4-5-14(17)16(15)18(19)20/h4-10H,1-3H3. The van der Waals surface area contributed by atoms with Crippen LogP contribution in [0.15, 0.2) is 36.4 Å². The van der Waals surface area contributed by atoms with Gasteiger partial charge in [0.1, 0.15) is 5.75 Å². The Kier molecular flexibility index (Phi) is 4.21. The summed E-state index contributed by atoms with van der Waals surface area (Å²) in [5.74, 6) is -0.183. The van der Waals surface area contributed by atoms with Crippen LogP contribution in [0.4, 0.5) is 10.1 Å². The van der Waals surface area contributed by atoms with Crippen LogP contribution in [0.3, 0.4) is 0 Å². The summed E-state index contributed by atoms with van der Waals surface area (Å²) in [5.41, 5.74) is 1.56. The van der Waals surface area contributed by atoms with Crippen molar-refractivity contribution in [1.29, 1.82) is 0 Å². The van der Waals surface area contributed by atoms with Gasteiger partial charge in [-0.2, -0.15) is 4.39 Å². The van der Waals surface area contributed by atoms with Crippen LogP contribution in [0.2, 0.25) is 0 Å². The van der Waals surface area contributed by atoms with Crippen molar-refractivity contribution in [3.63, 3.8) is 0 Å². The Labute approximate surface area is 122 Å². The predicted molar refractivity (Wildman–Crippen MR) is 78.4 cm³/mol. The number of halogens is 1. The van der Waals surface area contributed by atoms with Gasteiger partial charge in [0.05, 0.1) is 4.92 Å². The molecule has 0 aliphatic heterocycles. The van der Waals surface area contributed by atoms with Crippen molar-refractivity contribution in [2.75, 3.05) is 0 Å². The molecule has 21 heavy (non-hydrogen) atoms. The Balaban J connectivity index is 2.37. The van der Waals surface area contributed by atoms with E-state index >= 15 is 0 Å². The van der Waals surface area contributed by atoms with Crippen LogP contribution in [-0.2, 0) is 0 Å². The third-order valence-electron chi connectivity index (χ3n) is 3.22. The number of ether oxygens (including phenoxy) is 1. The van der Waals surface area contributed by atoms with Gasteiger partial charge in [0.15, 0.2) is 0 Å². The van der Waals surface area contributed by atoms with E-state index in [4.69, 9.17) is 4.74 Å². The lowest BCUT2D eigenvalue weighted by molar-refractivity contribution is -0.388. The molecule has 0 bridgehead atoms. The molecule has 0 unspecified atom stereocenters. The van der Waals surface area contributed by atoms with Gasteiger partial charge in [-0.15, -0.1) is 0 Å². The molecule has 2 aromatic rings. The quantitative estimate of drug-likeness (QED) is 0.590. The van der Waals surface area contributed by atoms with E-state index < -0.39 is 16.4 Å². The van der Waals surface area contributed by atoms with E-state index in [1.165, 1.54) is 17.7 Å². The van der Waals surface area contributed by atoms with Crippen LogP contribution in [0.25, 0.3) is 0 Å². The molecule has 0 spiro atoms. The van der Waals surface area contributed by atoms with Crippen LogP contribution in [-0.4, -0.2) is 4.92 Å². The molecule has 4 nitrogen and oxygen atoms in total. The molecule has 0 heterocycles. The molecule has 2 rings (SSSR count). The maximum absolute atomic E-state index is 13.5. The first-order valence-corrected chi connectivity index (χ1v) is 6.61. The van der Waals surface area contributed by atoms with E-state index in [0.29, 0.717) is 11.7 Å². The molecule has 0 N–H and O–H groups in total. The minimum Gasteiger partial charge on any atom is -0.450 e. The maximum Gasteiger partial charge on any atom is 0.346 e. The average molecular weight is 289 g/mol. The molecule has 110 valence electrons. The van der Waals surface area contributed by atoms with Crippen molar-refractivity contribution in [3.8, 4) is 11.5 Å². The van der Waals surface area contributed by atoms with E-state index in [1.54, 1.807) is 12.1 Å². The Bertz CT molecular complexity index is 683. The summed E-state index contributed by atoms with van der Waals surface area (Å²) in [6.45, 7) is 6.11. The van der Waals surface area contributed by atoms with Crippen molar-refractivity contribution in [3.05, 3.63) is 63.5 Å². The second kappa shape index (κ2) is 5.91. The van der Waals surface area contributed by atoms with Gasteiger partial charge in [0.2, 0.25) is 11.6 Å². The molecule has 0 atom stereocenters. The number of nitrogens with zero attached hydrogens (tertiary/aromatic N) is 1. The number of benzene rings is 2. The molecule has 0 amide bonds. The number of para-hydroxylation sites is 1. The topological polar surface area (TPSA) is 52.4 Å². The Hall–Kier alpha value is -2.43. The SMILES string of the molecule is Cc1cc(Oc2cccc(F)c2[N+](=O)[O-])ccc1C(C)C. The molecule has 0 aliphatic carbocycles. The molecular weight excluding hydrogens is 273 g/mol. The van der Waals surface area contributed by atoms with E-state index in [2.05, 4.69) is 13.8 Å². The number of hydrogen-bond donors (Lipinski definition) is 0. The highest BCUT2D eigenvalue weighted by Crippen LogP contribution is 2.34. The first-order chi connectivity index (χ1) is 9.90. The van der Waals surface area contributed by atoms with Crippen molar-refractivity contribution in [1.82, 2.24) is 0 Å². The molecule has 0 fully saturated rings. The highest BCUT2D eigenvalue weighted by atomic mass is 19.1. The van der Waals surface area contributed by atoms with Crippen LogP contribution in [0, 0.1) is 22.9 Å². The van der Waals surface area contributed by atoms with E-state index in [9.17, 15) is 14.5 Å². The fourth-order valence-corrected chi connectivity index (χ4v) is 2.24. The van der Waals surface area contributed by atoms with E-state index in [1.807, 2.05) is 13.0 Å². The number of nitro groups is 1. The molecule has 5 heteroatoms. The summed E-state index contributed by atoms with van der Waals surface area (Å²) >= 11 is 0. The van der Waals surface area contributed by atoms with Crippen molar-refractivity contribution >= 4 is 5.69 Å². The minimum atomic E-state index is -0.909. The second-order valence-corrected chi connectivity index (χ2v) is 5.12. The zero-order chi connectivity index (χ0) is 15.6. The predicted octanol–water partition coefficient (Wildman–Crippen LogP) is 4.96.